The summed E-state index contributed by atoms with van der Waals surface area (Å²) >= 11 is 1.39. The molecule has 0 amide bonds. The molecule has 0 aromatic carbocycles. The van der Waals surface area contributed by atoms with Crippen LogP contribution >= 0.6 is 11.3 Å². The molecule has 0 saturated heterocycles. The number of hydrogen-bond donors (Lipinski definition) is 1. The highest BCUT2D eigenvalue weighted by Gasteiger charge is 2.09. The van der Waals surface area contributed by atoms with E-state index < -0.39 is 5.97 Å². The van der Waals surface area contributed by atoms with E-state index in [-0.39, 0.29) is 6.42 Å². The first-order valence-electron chi connectivity index (χ1n) is 3.84. The lowest BCUT2D eigenvalue weighted by molar-refractivity contribution is -0.136. The molecule has 4 nitrogen and oxygen atoms in total. The monoisotopic (exact) mass is 206 g/mol. The Labute approximate surface area is 83.8 Å². The Morgan fingerprint density at radius 2 is 2.57 bits per heavy atom. The third-order valence-electron chi connectivity index (χ3n) is 1.76. The second-order valence-electron chi connectivity index (χ2n) is 2.72. The van der Waals surface area contributed by atoms with E-state index in [9.17, 15) is 4.79 Å². The van der Waals surface area contributed by atoms with Gasteiger partial charge in [0.15, 0.2) is 4.96 Å². The van der Waals surface area contributed by atoms with Crippen LogP contribution in [0.2, 0.25) is 0 Å². The maximum atomic E-state index is 10.5. The van der Waals surface area contributed by atoms with Crippen molar-refractivity contribution in [3.05, 3.63) is 23.0 Å². The number of aromatic nitrogens is 2. The van der Waals surface area contributed by atoms with Crippen molar-refractivity contribution in [3.8, 4) is 12.3 Å². The molecule has 0 spiro atoms. The predicted octanol–water partition coefficient (Wildman–Crippen LogP) is 1.00. The van der Waals surface area contributed by atoms with Crippen LogP contribution < -0.4 is 0 Å². The fourth-order valence-corrected chi connectivity index (χ4v) is 2.05. The number of imidazole rings is 1. The van der Waals surface area contributed by atoms with Crippen molar-refractivity contribution in [2.45, 2.75) is 6.42 Å². The zero-order valence-corrected chi connectivity index (χ0v) is 7.91. The highest BCUT2D eigenvalue weighted by molar-refractivity contribution is 7.15. The summed E-state index contributed by atoms with van der Waals surface area (Å²) in [4.78, 5) is 15.4. The summed E-state index contributed by atoms with van der Waals surface area (Å²) in [6, 6.07) is 0. The van der Waals surface area contributed by atoms with Crippen LogP contribution in [0.5, 0.6) is 0 Å². The zero-order chi connectivity index (χ0) is 10.1. The minimum absolute atomic E-state index is 0.0135. The molecular formula is C9H6N2O2S. The van der Waals surface area contributed by atoms with Crippen LogP contribution in [0.4, 0.5) is 0 Å². The van der Waals surface area contributed by atoms with Crippen molar-refractivity contribution in [2.75, 3.05) is 0 Å². The van der Waals surface area contributed by atoms with Crippen molar-refractivity contribution >= 4 is 22.3 Å². The van der Waals surface area contributed by atoms with E-state index in [1.54, 1.807) is 16.0 Å². The van der Waals surface area contributed by atoms with Gasteiger partial charge in [-0.1, -0.05) is 0 Å². The average molecular weight is 206 g/mol. The smallest absolute Gasteiger partial charge is 0.309 e. The van der Waals surface area contributed by atoms with E-state index in [1.165, 1.54) is 11.3 Å². The summed E-state index contributed by atoms with van der Waals surface area (Å²) in [5.74, 6) is 1.55. The van der Waals surface area contributed by atoms with E-state index in [0.717, 1.165) is 4.96 Å². The standard InChI is InChI=1S/C9H6N2O2S/c1-2-6-4-11-7(3-8(12)13)5-14-9(11)10-6/h1,4-5H,3H2,(H,12,13). The predicted molar refractivity (Wildman–Crippen MR) is 52.3 cm³/mol. The summed E-state index contributed by atoms with van der Waals surface area (Å²) < 4.78 is 1.72. The molecule has 5 heteroatoms. The van der Waals surface area contributed by atoms with Crippen LogP contribution in [0.15, 0.2) is 11.6 Å². The first-order chi connectivity index (χ1) is 6.70. The van der Waals surface area contributed by atoms with E-state index in [1.807, 2.05) is 0 Å². The van der Waals surface area contributed by atoms with Gasteiger partial charge in [-0.3, -0.25) is 9.20 Å². The first-order valence-corrected chi connectivity index (χ1v) is 4.72. The molecule has 2 aromatic heterocycles. The highest BCUT2D eigenvalue weighted by Crippen LogP contribution is 2.16. The van der Waals surface area contributed by atoms with Gasteiger partial charge >= 0.3 is 5.97 Å². The Balaban J connectivity index is 2.51. The first kappa shape index (κ1) is 8.78. The van der Waals surface area contributed by atoms with E-state index in [4.69, 9.17) is 11.5 Å². The van der Waals surface area contributed by atoms with Crippen molar-refractivity contribution in [1.82, 2.24) is 9.38 Å². The number of carboxylic acid groups (broad SMARTS) is 1. The summed E-state index contributed by atoms with van der Waals surface area (Å²) in [7, 11) is 0. The Morgan fingerprint density at radius 1 is 1.79 bits per heavy atom. The van der Waals surface area contributed by atoms with Gasteiger partial charge in [0.2, 0.25) is 0 Å². The quantitative estimate of drug-likeness (QED) is 0.746. The molecule has 0 atom stereocenters. The Kier molecular flexibility index (Phi) is 1.98. The van der Waals surface area contributed by atoms with Crippen molar-refractivity contribution in [1.29, 1.82) is 0 Å². The lowest BCUT2D eigenvalue weighted by Crippen LogP contribution is -2.02. The van der Waals surface area contributed by atoms with Crippen LogP contribution in [0.3, 0.4) is 0 Å². The summed E-state index contributed by atoms with van der Waals surface area (Å²) in [5, 5.41) is 10.4. The highest BCUT2D eigenvalue weighted by atomic mass is 32.1. The fraction of sp³-hybridized carbons (Fsp3) is 0.111. The third kappa shape index (κ3) is 1.36. The van der Waals surface area contributed by atoms with Crippen molar-refractivity contribution in [3.63, 3.8) is 0 Å². The topological polar surface area (TPSA) is 54.6 Å². The van der Waals surface area contributed by atoms with Gasteiger partial charge in [0.25, 0.3) is 0 Å². The van der Waals surface area contributed by atoms with Crippen LogP contribution in [-0.2, 0) is 11.2 Å². The summed E-state index contributed by atoms with van der Waals surface area (Å²) in [5.41, 5.74) is 1.23. The van der Waals surface area contributed by atoms with Gasteiger partial charge in [-0.15, -0.1) is 17.8 Å². The molecule has 0 aliphatic carbocycles. The largest absolute Gasteiger partial charge is 0.481 e. The number of thiazole rings is 1. The molecule has 1 N–H and O–H groups in total. The second-order valence-corrected chi connectivity index (χ2v) is 3.56. The number of terminal acetylenes is 1. The normalized spacial score (nSPS) is 10.2. The number of rotatable bonds is 2. The van der Waals surface area contributed by atoms with Crippen molar-refractivity contribution < 1.29 is 9.90 Å². The van der Waals surface area contributed by atoms with E-state index >= 15 is 0 Å². The molecule has 14 heavy (non-hydrogen) atoms. The minimum Gasteiger partial charge on any atom is -0.481 e. The SMILES string of the molecule is C#Cc1cn2c(CC(=O)O)csc2n1. The third-order valence-corrected chi connectivity index (χ3v) is 2.65. The summed E-state index contributed by atoms with van der Waals surface area (Å²) in [6.07, 6.45) is 6.84. The maximum absolute atomic E-state index is 10.5. The molecule has 0 aliphatic rings. The molecule has 0 radical (unpaired) electrons. The molecular weight excluding hydrogens is 200 g/mol. The van der Waals surface area contributed by atoms with Crippen molar-refractivity contribution in [2.24, 2.45) is 0 Å². The summed E-state index contributed by atoms with van der Waals surface area (Å²) in [6.45, 7) is 0. The molecule has 2 aromatic rings. The van der Waals surface area contributed by atoms with Gasteiger partial charge in [0, 0.05) is 17.3 Å². The molecule has 2 heterocycles. The van der Waals surface area contributed by atoms with Crippen LogP contribution in [0.1, 0.15) is 11.4 Å². The molecule has 0 fully saturated rings. The number of carboxylic acids is 1. The van der Waals surface area contributed by atoms with Gasteiger partial charge in [-0.25, -0.2) is 4.98 Å². The lowest BCUT2D eigenvalue weighted by Gasteiger charge is -1.92. The van der Waals surface area contributed by atoms with Gasteiger partial charge in [0.1, 0.15) is 5.69 Å². The molecule has 0 saturated carbocycles. The average Bonchev–Trinajstić information content (AvgIpc) is 2.66. The number of fused-ring (bicyclic) bond motifs is 1. The lowest BCUT2D eigenvalue weighted by atomic mass is 10.3. The van der Waals surface area contributed by atoms with Crippen LogP contribution in [-0.4, -0.2) is 20.5 Å². The number of nitrogens with zero attached hydrogens (tertiary/aromatic N) is 2. The molecule has 0 bridgehead atoms. The molecule has 0 unspecified atom stereocenters. The van der Waals surface area contributed by atoms with Gasteiger partial charge in [-0.2, -0.15) is 0 Å². The van der Waals surface area contributed by atoms with Gasteiger partial charge < -0.3 is 5.11 Å². The van der Waals surface area contributed by atoms with Crippen LogP contribution in [0.25, 0.3) is 4.96 Å². The molecule has 2 rings (SSSR count). The molecule has 0 aliphatic heterocycles. The van der Waals surface area contributed by atoms with Gasteiger partial charge in [0.05, 0.1) is 6.42 Å². The minimum atomic E-state index is -0.861. The second kappa shape index (κ2) is 3.16. The van der Waals surface area contributed by atoms with Gasteiger partial charge in [-0.05, 0) is 5.92 Å². The van der Waals surface area contributed by atoms with E-state index in [0.29, 0.717) is 11.4 Å². The maximum Gasteiger partial charge on any atom is 0.309 e. The zero-order valence-electron chi connectivity index (χ0n) is 7.10. The number of aliphatic carboxylic acids is 1. The van der Waals surface area contributed by atoms with Crippen LogP contribution in [0, 0.1) is 12.3 Å². The number of hydrogen-bond acceptors (Lipinski definition) is 3. The molecule has 70 valence electrons. The Hall–Kier alpha value is -1.80. The fourth-order valence-electron chi connectivity index (χ4n) is 1.18. The Bertz CT molecular complexity index is 532. The van der Waals surface area contributed by atoms with E-state index in [2.05, 4.69) is 10.9 Å². The number of carbonyl (C=O) groups is 1. The Morgan fingerprint density at radius 3 is 3.21 bits per heavy atom.